The number of hydrogen-bond acceptors (Lipinski definition) is 2. The zero-order valence-corrected chi connectivity index (χ0v) is 8.14. The lowest BCUT2D eigenvalue weighted by atomic mass is 10.0. The van der Waals surface area contributed by atoms with Crippen LogP contribution >= 0.6 is 0 Å². The summed E-state index contributed by atoms with van der Waals surface area (Å²) < 4.78 is 44.1. The Kier molecular flexibility index (Phi) is 3.57. The molecule has 2 nitrogen and oxygen atoms in total. The molecule has 0 atom stereocenters. The van der Waals surface area contributed by atoms with Crippen LogP contribution in [0.25, 0.3) is 0 Å². The largest absolute Gasteiger partial charge is 0.496 e. The molecule has 0 heterocycles. The van der Waals surface area contributed by atoms with Gasteiger partial charge in [-0.3, -0.25) is 0 Å². The number of benzene rings is 1. The van der Waals surface area contributed by atoms with Gasteiger partial charge >= 0.3 is 0 Å². The van der Waals surface area contributed by atoms with Gasteiger partial charge in [-0.2, -0.15) is 0 Å². The Bertz CT molecular complexity index is 339. The van der Waals surface area contributed by atoms with Crippen molar-refractivity contribution in [1.29, 1.82) is 0 Å². The maximum atomic E-state index is 13.4. The van der Waals surface area contributed by atoms with Gasteiger partial charge in [-0.05, 0) is 12.1 Å². The van der Waals surface area contributed by atoms with Crippen molar-refractivity contribution < 1.29 is 23.0 Å². The molecule has 0 saturated heterocycles. The van der Waals surface area contributed by atoms with E-state index in [0.29, 0.717) is 0 Å². The number of alkyl halides is 2. The van der Waals surface area contributed by atoms with Crippen molar-refractivity contribution >= 4 is 0 Å². The van der Waals surface area contributed by atoms with Crippen LogP contribution in [-0.2, 0) is 5.92 Å². The van der Waals surface area contributed by atoms with Crippen LogP contribution in [-0.4, -0.2) is 18.8 Å². The molecule has 1 aromatic rings. The number of methoxy groups -OCH3 is 1. The van der Waals surface area contributed by atoms with Gasteiger partial charge < -0.3 is 9.84 Å². The van der Waals surface area contributed by atoms with E-state index in [9.17, 15) is 13.2 Å². The van der Waals surface area contributed by atoms with Crippen molar-refractivity contribution in [2.45, 2.75) is 12.3 Å². The van der Waals surface area contributed by atoms with Crippen LogP contribution in [0.4, 0.5) is 13.2 Å². The molecule has 84 valence electrons. The molecule has 0 bridgehead atoms. The highest BCUT2D eigenvalue weighted by Gasteiger charge is 2.34. The summed E-state index contributed by atoms with van der Waals surface area (Å²) in [6, 6.07) is 2.79. The summed E-state index contributed by atoms with van der Waals surface area (Å²) in [5.41, 5.74) is -0.416. The highest BCUT2D eigenvalue weighted by molar-refractivity contribution is 5.37. The Balaban J connectivity index is 3.12. The summed E-state index contributed by atoms with van der Waals surface area (Å²) >= 11 is 0. The normalized spacial score (nSPS) is 11.5. The number of aliphatic hydroxyl groups excluding tert-OH is 1. The third-order valence-corrected chi connectivity index (χ3v) is 1.98. The van der Waals surface area contributed by atoms with E-state index in [2.05, 4.69) is 4.74 Å². The summed E-state index contributed by atoms with van der Waals surface area (Å²) in [6.45, 7) is -0.645. The SMILES string of the molecule is COc1cc(F)ccc1C(F)(F)CCO. The molecule has 0 amide bonds. The zero-order chi connectivity index (χ0) is 11.5. The first-order chi connectivity index (χ1) is 7.01. The first kappa shape index (κ1) is 11.8. The van der Waals surface area contributed by atoms with Crippen LogP contribution in [0, 0.1) is 5.82 Å². The van der Waals surface area contributed by atoms with Gasteiger partial charge in [-0.1, -0.05) is 0 Å². The first-order valence-electron chi connectivity index (χ1n) is 4.34. The predicted octanol–water partition coefficient (Wildman–Crippen LogP) is 2.31. The average molecular weight is 220 g/mol. The smallest absolute Gasteiger partial charge is 0.279 e. The monoisotopic (exact) mass is 220 g/mol. The Morgan fingerprint density at radius 1 is 1.40 bits per heavy atom. The summed E-state index contributed by atoms with van der Waals surface area (Å²) in [7, 11) is 1.19. The van der Waals surface area contributed by atoms with Crippen molar-refractivity contribution in [3.63, 3.8) is 0 Å². The second-order valence-electron chi connectivity index (χ2n) is 3.02. The Morgan fingerprint density at radius 2 is 2.07 bits per heavy atom. The third-order valence-electron chi connectivity index (χ3n) is 1.98. The number of rotatable bonds is 4. The number of ether oxygens (including phenoxy) is 1. The van der Waals surface area contributed by atoms with Gasteiger partial charge in [-0.15, -0.1) is 0 Å². The Morgan fingerprint density at radius 3 is 2.60 bits per heavy atom. The minimum absolute atomic E-state index is 0.214. The fourth-order valence-electron chi connectivity index (χ4n) is 1.24. The van der Waals surface area contributed by atoms with Gasteiger partial charge in [0.25, 0.3) is 5.92 Å². The third kappa shape index (κ3) is 2.62. The number of halogens is 3. The molecule has 1 rings (SSSR count). The Hall–Kier alpha value is -1.23. The van der Waals surface area contributed by atoms with Crippen molar-refractivity contribution in [2.24, 2.45) is 0 Å². The summed E-state index contributed by atoms with van der Waals surface area (Å²) in [4.78, 5) is 0. The molecule has 0 unspecified atom stereocenters. The second kappa shape index (κ2) is 4.53. The molecule has 1 aromatic carbocycles. The summed E-state index contributed by atoms with van der Waals surface area (Å²) in [5, 5.41) is 8.49. The molecular weight excluding hydrogens is 209 g/mol. The molecule has 0 spiro atoms. The lowest BCUT2D eigenvalue weighted by Gasteiger charge is -2.18. The van der Waals surface area contributed by atoms with Crippen LogP contribution < -0.4 is 4.74 Å². The first-order valence-corrected chi connectivity index (χ1v) is 4.34. The van der Waals surface area contributed by atoms with E-state index in [4.69, 9.17) is 5.11 Å². The fraction of sp³-hybridized carbons (Fsp3) is 0.400. The molecule has 15 heavy (non-hydrogen) atoms. The average Bonchev–Trinajstić information content (AvgIpc) is 2.17. The van der Waals surface area contributed by atoms with Gasteiger partial charge in [0.05, 0.1) is 12.7 Å². The van der Waals surface area contributed by atoms with Crippen molar-refractivity contribution in [1.82, 2.24) is 0 Å². The number of aliphatic hydroxyl groups is 1. The maximum absolute atomic E-state index is 13.4. The van der Waals surface area contributed by atoms with Gasteiger partial charge in [0.1, 0.15) is 11.6 Å². The predicted molar refractivity (Wildman–Crippen MR) is 48.5 cm³/mol. The molecule has 0 aromatic heterocycles. The van der Waals surface area contributed by atoms with Crippen LogP contribution in [0.2, 0.25) is 0 Å². The Labute approximate surface area is 85.3 Å². The topological polar surface area (TPSA) is 29.5 Å². The summed E-state index contributed by atoms with van der Waals surface area (Å²) in [5.74, 6) is -4.07. The molecule has 5 heteroatoms. The van der Waals surface area contributed by atoms with E-state index in [-0.39, 0.29) is 5.75 Å². The van der Waals surface area contributed by atoms with E-state index >= 15 is 0 Å². The maximum Gasteiger partial charge on any atom is 0.279 e. The van der Waals surface area contributed by atoms with Crippen molar-refractivity contribution in [3.8, 4) is 5.75 Å². The fourth-order valence-corrected chi connectivity index (χ4v) is 1.24. The van der Waals surface area contributed by atoms with Crippen LogP contribution in [0.5, 0.6) is 5.75 Å². The molecular formula is C10H11F3O2. The minimum Gasteiger partial charge on any atom is -0.496 e. The molecule has 0 aliphatic carbocycles. The second-order valence-corrected chi connectivity index (χ2v) is 3.02. The lowest BCUT2D eigenvalue weighted by Crippen LogP contribution is -2.16. The summed E-state index contributed by atoms with van der Waals surface area (Å²) in [6.07, 6.45) is -0.713. The minimum atomic E-state index is -3.21. The highest BCUT2D eigenvalue weighted by Crippen LogP contribution is 2.37. The zero-order valence-electron chi connectivity index (χ0n) is 8.14. The lowest BCUT2D eigenvalue weighted by molar-refractivity contribution is -0.0288. The molecule has 0 saturated carbocycles. The van der Waals surface area contributed by atoms with Gasteiger partial charge in [0.15, 0.2) is 0 Å². The van der Waals surface area contributed by atoms with Gasteiger partial charge in [0, 0.05) is 19.1 Å². The van der Waals surface area contributed by atoms with E-state index in [1.165, 1.54) is 7.11 Å². The van der Waals surface area contributed by atoms with Crippen LogP contribution in [0.15, 0.2) is 18.2 Å². The number of hydrogen-bond donors (Lipinski definition) is 1. The molecule has 0 aliphatic rings. The quantitative estimate of drug-likeness (QED) is 0.843. The molecule has 0 fully saturated rings. The van der Waals surface area contributed by atoms with Crippen LogP contribution in [0.1, 0.15) is 12.0 Å². The van der Waals surface area contributed by atoms with E-state index in [0.717, 1.165) is 18.2 Å². The molecule has 1 N–H and O–H groups in total. The van der Waals surface area contributed by atoms with Gasteiger partial charge in [-0.25, -0.2) is 13.2 Å². The van der Waals surface area contributed by atoms with Gasteiger partial charge in [0.2, 0.25) is 0 Å². The van der Waals surface area contributed by atoms with E-state index in [1.54, 1.807) is 0 Å². The van der Waals surface area contributed by atoms with Crippen LogP contribution in [0.3, 0.4) is 0 Å². The standard InChI is InChI=1S/C10H11F3O2/c1-15-9-6-7(11)2-3-8(9)10(12,13)4-5-14/h2-3,6,14H,4-5H2,1H3. The molecule has 0 aliphatic heterocycles. The van der Waals surface area contributed by atoms with E-state index < -0.39 is 30.3 Å². The van der Waals surface area contributed by atoms with Crippen molar-refractivity contribution in [3.05, 3.63) is 29.6 Å². The highest BCUT2D eigenvalue weighted by atomic mass is 19.3. The van der Waals surface area contributed by atoms with E-state index in [1.807, 2.05) is 0 Å². The molecule has 0 radical (unpaired) electrons. The van der Waals surface area contributed by atoms with Crippen molar-refractivity contribution in [2.75, 3.05) is 13.7 Å².